The van der Waals surface area contributed by atoms with Gasteiger partial charge in [0.05, 0.1) is 5.02 Å². The maximum absolute atomic E-state index is 5.87. The number of aromatic nitrogens is 2. The van der Waals surface area contributed by atoms with Gasteiger partial charge in [-0.15, -0.1) is 11.3 Å². The molecule has 2 rings (SSSR count). The van der Waals surface area contributed by atoms with Gasteiger partial charge in [0, 0.05) is 29.1 Å². The zero-order chi connectivity index (χ0) is 13.0. The number of hydrogen-bond acceptors (Lipinski definition) is 5. The highest BCUT2D eigenvalue weighted by Crippen LogP contribution is 2.20. The van der Waals surface area contributed by atoms with Crippen LogP contribution in [0.3, 0.4) is 0 Å². The monoisotopic (exact) mass is 285 g/mol. The Balaban J connectivity index is 1.86. The lowest BCUT2D eigenvalue weighted by atomic mass is 10.2. The second-order valence-corrected chi connectivity index (χ2v) is 5.66. The van der Waals surface area contributed by atoms with Crippen molar-refractivity contribution in [1.29, 1.82) is 0 Å². The first-order chi connectivity index (χ1) is 8.67. The van der Waals surface area contributed by atoms with Crippen LogP contribution in [0.2, 0.25) is 5.02 Å². The van der Waals surface area contributed by atoms with Gasteiger partial charge < -0.3 is 9.84 Å². The Labute approximate surface area is 115 Å². The minimum Gasteiger partial charge on any atom is -0.339 e. The van der Waals surface area contributed by atoms with Gasteiger partial charge in [-0.05, 0) is 26.5 Å². The molecular weight excluding hydrogens is 270 g/mol. The molecule has 1 atom stereocenters. The van der Waals surface area contributed by atoms with E-state index in [1.165, 1.54) is 4.88 Å². The van der Waals surface area contributed by atoms with Gasteiger partial charge in [0.15, 0.2) is 5.82 Å². The molecule has 0 amide bonds. The first kappa shape index (κ1) is 13.5. The Morgan fingerprint density at radius 2 is 2.33 bits per heavy atom. The van der Waals surface area contributed by atoms with E-state index in [9.17, 15) is 0 Å². The van der Waals surface area contributed by atoms with Crippen molar-refractivity contribution in [1.82, 2.24) is 15.5 Å². The molecule has 6 heteroatoms. The van der Waals surface area contributed by atoms with Gasteiger partial charge in [-0.25, -0.2) is 0 Å². The summed E-state index contributed by atoms with van der Waals surface area (Å²) in [5.74, 6) is 1.45. The first-order valence-corrected chi connectivity index (χ1v) is 7.14. The van der Waals surface area contributed by atoms with Crippen LogP contribution in [0.4, 0.5) is 0 Å². The third-order valence-corrected chi connectivity index (χ3v) is 4.04. The van der Waals surface area contributed by atoms with E-state index in [4.69, 9.17) is 16.1 Å². The lowest BCUT2D eigenvalue weighted by Gasteiger charge is -2.04. The molecule has 0 aliphatic carbocycles. The molecule has 0 saturated carbocycles. The Hall–Kier alpha value is -0.910. The van der Waals surface area contributed by atoms with E-state index in [1.807, 2.05) is 18.5 Å². The summed E-state index contributed by atoms with van der Waals surface area (Å²) in [4.78, 5) is 5.61. The second-order valence-electron chi connectivity index (χ2n) is 4.23. The normalized spacial score (nSPS) is 12.8. The summed E-state index contributed by atoms with van der Waals surface area (Å²) in [6, 6.07) is 2.33. The SMILES string of the molecule is CNC(C)Cc1noc(CCc2cc(Cl)cs2)n1. The number of aryl methyl sites for hydroxylation is 2. The average molecular weight is 286 g/mol. The highest BCUT2D eigenvalue weighted by molar-refractivity contribution is 7.10. The van der Waals surface area contributed by atoms with E-state index < -0.39 is 0 Å². The van der Waals surface area contributed by atoms with E-state index in [0.29, 0.717) is 11.9 Å². The molecule has 0 bridgehead atoms. The molecule has 18 heavy (non-hydrogen) atoms. The van der Waals surface area contributed by atoms with Crippen LogP contribution >= 0.6 is 22.9 Å². The number of likely N-dealkylation sites (N-methyl/N-ethyl adjacent to an activating group) is 1. The summed E-state index contributed by atoms with van der Waals surface area (Å²) in [6.07, 6.45) is 2.43. The predicted octanol–water partition coefficient (Wildman–Crippen LogP) is 2.72. The lowest BCUT2D eigenvalue weighted by molar-refractivity contribution is 0.371. The molecule has 0 fully saturated rings. The molecule has 1 N–H and O–H groups in total. The van der Waals surface area contributed by atoms with Crippen LogP contribution in [-0.2, 0) is 19.3 Å². The Morgan fingerprint density at radius 1 is 1.50 bits per heavy atom. The van der Waals surface area contributed by atoms with Gasteiger partial charge in [0.25, 0.3) is 0 Å². The van der Waals surface area contributed by atoms with Crippen molar-refractivity contribution in [2.75, 3.05) is 7.05 Å². The number of halogens is 1. The van der Waals surface area contributed by atoms with Crippen molar-refractivity contribution in [3.05, 3.63) is 33.1 Å². The van der Waals surface area contributed by atoms with Crippen LogP contribution in [0.25, 0.3) is 0 Å². The van der Waals surface area contributed by atoms with E-state index in [1.54, 1.807) is 11.3 Å². The van der Waals surface area contributed by atoms with E-state index >= 15 is 0 Å². The molecule has 98 valence electrons. The smallest absolute Gasteiger partial charge is 0.227 e. The molecule has 0 radical (unpaired) electrons. The minimum absolute atomic E-state index is 0.353. The van der Waals surface area contributed by atoms with Gasteiger partial charge >= 0.3 is 0 Å². The van der Waals surface area contributed by atoms with E-state index in [-0.39, 0.29) is 0 Å². The molecule has 0 aliphatic heterocycles. The molecule has 2 aromatic heterocycles. The summed E-state index contributed by atoms with van der Waals surface area (Å²) < 4.78 is 5.22. The van der Waals surface area contributed by atoms with Gasteiger partial charge in [-0.3, -0.25) is 0 Å². The summed E-state index contributed by atoms with van der Waals surface area (Å²) in [5, 5.41) is 9.85. The maximum Gasteiger partial charge on any atom is 0.227 e. The number of rotatable bonds is 6. The molecule has 0 aliphatic rings. The minimum atomic E-state index is 0.353. The molecular formula is C12H16ClN3OS. The average Bonchev–Trinajstić information content (AvgIpc) is 2.96. The molecule has 0 aromatic carbocycles. The first-order valence-electron chi connectivity index (χ1n) is 5.89. The van der Waals surface area contributed by atoms with Gasteiger partial charge in [0.2, 0.25) is 5.89 Å². The van der Waals surface area contributed by atoms with Crippen molar-refractivity contribution in [3.63, 3.8) is 0 Å². The van der Waals surface area contributed by atoms with Crippen LogP contribution < -0.4 is 5.32 Å². The van der Waals surface area contributed by atoms with Crippen molar-refractivity contribution >= 4 is 22.9 Å². The predicted molar refractivity (Wildman–Crippen MR) is 73.3 cm³/mol. The number of hydrogen-bond donors (Lipinski definition) is 1. The third-order valence-electron chi connectivity index (χ3n) is 2.70. The second kappa shape index (κ2) is 6.31. The summed E-state index contributed by atoms with van der Waals surface area (Å²) in [6.45, 7) is 2.09. The van der Waals surface area contributed by atoms with Crippen molar-refractivity contribution in [2.45, 2.75) is 32.2 Å². The van der Waals surface area contributed by atoms with E-state index in [2.05, 4.69) is 22.4 Å². The lowest BCUT2D eigenvalue weighted by Crippen LogP contribution is -2.24. The largest absolute Gasteiger partial charge is 0.339 e. The highest BCUT2D eigenvalue weighted by Gasteiger charge is 2.09. The Bertz CT molecular complexity index is 497. The Kier molecular flexibility index (Phi) is 4.74. The van der Waals surface area contributed by atoms with Crippen LogP contribution in [0.1, 0.15) is 23.5 Å². The summed E-state index contributed by atoms with van der Waals surface area (Å²) >= 11 is 7.53. The molecule has 0 saturated heterocycles. The molecule has 2 heterocycles. The van der Waals surface area contributed by atoms with Crippen LogP contribution in [0.5, 0.6) is 0 Å². The quantitative estimate of drug-likeness (QED) is 0.887. The summed E-state index contributed by atoms with van der Waals surface area (Å²) in [5.41, 5.74) is 0. The number of nitrogens with one attached hydrogen (secondary N) is 1. The van der Waals surface area contributed by atoms with Crippen molar-refractivity contribution in [2.24, 2.45) is 0 Å². The van der Waals surface area contributed by atoms with Gasteiger partial charge in [-0.1, -0.05) is 16.8 Å². The standard InChI is InChI=1S/C12H16ClN3OS/c1-8(14-2)5-11-15-12(17-16-11)4-3-10-6-9(13)7-18-10/h6-8,14H,3-5H2,1-2H3. The fraction of sp³-hybridized carbons (Fsp3) is 0.500. The zero-order valence-corrected chi connectivity index (χ0v) is 12.0. The van der Waals surface area contributed by atoms with Crippen LogP contribution in [0.15, 0.2) is 16.0 Å². The number of nitrogens with zero attached hydrogens (tertiary/aromatic N) is 2. The zero-order valence-electron chi connectivity index (χ0n) is 10.4. The maximum atomic E-state index is 5.87. The topological polar surface area (TPSA) is 51.0 Å². The van der Waals surface area contributed by atoms with E-state index in [0.717, 1.165) is 30.1 Å². The van der Waals surface area contributed by atoms with Crippen molar-refractivity contribution < 1.29 is 4.52 Å². The van der Waals surface area contributed by atoms with Crippen molar-refractivity contribution in [3.8, 4) is 0 Å². The summed E-state index contributed by atoms with van der Waals surface area (Å²) in [7, 11) is 1.92. The molecule has 4 nitrogen and oxygen atoms in total. The number of thiophene rings is 1. The fourth-order valence-electron chi connectivity index (χ4n) is 1.57. The fourth-order valence-corrected chi connectivity index (χ4v) is 2.64. The van der Waals surface area contributed by atoms with Crippen LogP contribution in [-0.4, -0.2) is 23.2 Å². The molecule has 1 unspecified atom stereocenters. The van der Waals surface area contributed by atoms with Crippen LogP contribution in [0, 0.1) is 0 Å². The Morgan fingerprint density at radius 3 is 3.00 bits per heavy atom. The third kappa shape index (κ3) is 3.80. The molecule has 0 spiro atoms. The highest BCUT2D eigenvalue weighted by atomic mass is 35.5. The van der Waals surface area contributed by atoms with Gasteiger partial charge in [0.1, 0.15) is 0 Å². The molecule has 2 aromatic rings. The van der Waals surface area contributed by atoms with Gasteiger partial charge in [-0.2, -0.15) is 4.98 Å².